The van der Waals surface area contributed by atoms with Gasteiger partial charge in [-0.05, 0) is 36.8 Å². The molecule has 124 valence electrons. The van der Waals surface area contributed by atoms with E-state index in [-0.39, 0.29) is 0 Å². The molecule has 3 heteroatoms. The fourth-order valence-electron chi connectivity index (χ4n) is 3.07. The molecule has 0 amide bonds. The summed E-state index contributed by atoms with van der Waals surface area (Å²) in [5.41, 5.74) is 5.77. The lowest BCUT2D eigenvalue weighted by Gasteiger charge is -2.10. The maximum absolute atomic E-state index is 5.26. The highest BCUT2D eigenvalue weighted by Gasteiger charge is 2.12. The Hall–Kier alpha value is -3.07. The van der Waals surface area contributed by atoms with Crippen LogP contribution in [0.25, 0.3) is 22.4 Å². The smallest absolute Gasteiger partial charge is 0.141 e. The summed E-state index contributed by atoms with van der Waals surface area (Å²) in [6.45, 7) is 2.87. The van der Waals surface area contributed by atoms with E-state index in [1.807, 2.05) is 18.2 Å². The van der Waals surface area contributed by atoms with Crippen LogP contribution in [0.2, 0.25) is 0 Å². The molecular formula is C22H20N2O. The molecule has 0 saturated carbocycles. The molecule has 0 radical (unpaired) electrons. The lowest BCUT2D eigenvalue weighted by Crippen LogP contribution is -2.02. The number of rotatable bonds is 4. The van der Waals surface area contributed by atoms with Crippen LogP contribution in [0, 0.1) is 6.92 Å². The van der Waals surface area contributed by atoms with E-state index in [9.17, 15) is 0 Å². The van der Waals surface area contributed by atoms with E-state index in [0.29, 0.717) is 0 Å². The van der Waals surface area contributed by atoms with Crippen molar-refractivity contribution in [2.45, 2.75) is 13.5 Å². The van der Waals surface area contributed by atoms with Gasteiger partial charge in [-0.3, -0.25) is 0 Å². The van der Waals surface area contributed by atoms with Gasteiger partial charge in [0.1, 0.15) is 11.6 Å². The van der Waals surface area contributed by atoms with E-state index in [1.54, 1.807) is 7.11 Å². The van der Waals surface area contributed by atoms with Crippen LogP contribution in [0.1, 0.15) is 11.1 Å². The topological polar surface area (TPSA) is 27.1 Å². The molecule has 4 aromatic rings. The number of aryl methyl sites for hydroxylation is 1. The van der Waals surface area contributed by atoms with Crippen molar-refractivity contribution in [1.82, 2.24) is 9.55 Å². The largest absolute Gasteiger partial charge is 0.497 e. The number of nitrogens with zero attached hydrogens (tertiary/aromatic N) is 2. The molecule has 4 rings (SSSR count). The minimum Gasteiger partial charge on any atom is -0.497 e. The Labute approximate surface area is 147 Å². The first-order chi connectivity index (χ1) is 12.2. The van der Waals surface area contributed by atoms with Crippen LogP contribution in [0.5, 0.6) is 5.75 Å². The third-order valence-electron chi connectivity index (χ3n) is 4.46. The van der Waals surface area contributed by atoms with Gasteiger partial charge in [0.15, 0.2) is 0 Å². The summed E-state index contributed by atoms with van der Waals surface area (Å²) in [4.78, 5) is 4.88. The van der Waals surface area contributed by atoms with Gasteiger partial charge >= 0.3 is 0 Å². The SMILES string of the molecule is COc1ccc(Cn2c(-c3ccc(C)cc3)nc3ccccc32)cc1. The first-order valence-corrected chi connectivity index (χ1v) is 8.40. The molecule has 25 heavy (non-hydrogen) atoms. The Kier molecular flexibility index (Phi) is 3.98. The molecule has 0 aliphatic heterocycles. The second-order valence-corrected chi connectivity index (χ2v) is 6.22. The number of para-hydroxylation sites is 2. The van der Waals surface area contributed by atoms with Crippen LogP contribution in [0.15, 0.2) is 72.8 Å². The Morgan fingerprint density at radius 2 is 1.60 bits per heavy atom. The molecule has 0 aliphatic carbocycles. The maximum Gasteiger partial charge on any atom is 0.141 e. The third kappa shape index (κ3) is 3.01. The normalized spacial score (nSPS) is 11.0. The Morgan fingerprint density at radius 3 is 2.32 bits per heavy atom. The molecule has 1 heterocycles. The zero-order valence-electron chi connectivity index (χ0n) is 14.4. The molecule has 0 aliphatic rings. The highest BCUT2D eigenvalue weighted by molar-refractivity contribution is 5.80. The average Bonchev–Trinajstić information content (AvgIpc) is 3.02. The average molecular weight is 328 g/mol. The number of imidazole rings is 1. The van der Waals surface area contributed by atoms with E-state index in [4.69, 9.17) is 9.72 Å². The molecular weight excluding hydrogens is 308 g/mol. The van der Waals surface area contributed by atoms with Crippen molar-refractivity contribution in [1.29, 1.82) is 0 Å². The zero-order valence-corrected chi connectivity index (χ0v) is 14.4. The summed E-state index contributed by atoms with van der Waals surface area (Å²) in [5, 5.41) is 0. The summed E-state index contributed by atoms with van der Waals surface area (Å²) in [5.74, 6) is 1.87. The predicted octanol–water partition coefficient (Wildman–Crippen LogP) is 5.07. The second-order valence-electron chi connectivity index (χ2n) is 6.22. The molecule has 0 N–H and O–H groups in total. The van der Waals surface area contributed by atoms with Gasteiger partial charge in [0, 0.05) is 12.1 Å². The predicted molar refractivity (Wildman–Crippen MR) is 102 cm³/mol. The number of hydrogen-bond acceptors (Lipinski definition) is 2. The highest BCUT2D eigenvalue weighted by Crippen LogP contribution is 2.26. The Bertz CT molecular complexity index is 999. The molecule has 0 spiro atoms. The number of ether oxygens (including phenoxy) is 1. The van der Waals surface area contributed by atoms with E-state index in [0.717, 1.165) is 34.7 Å². The van der Waals surface area contributed by atoms with Crippen molar-refractivity contribution in [3.63, 3.8) is 0 Å². The lowest BCUT2D eigenvalue weighted by molar-refractivity contribution is 0.414. The highest BCUT2D eigenvalue weighted by atomic mass is 16.5. The van der Waals surface area contributed by atoms with Gasteiger partial charge in [0.2, 0.25) is 0 Å². The Balaban J connectivity index is 1.82. The summed E-state index contributed by atoms with van der Waals surface area (Å²) >= 11 is 0. The molecule has 0 fully saturated rings. The van der Waals surface area contributed by atoms with Crippen molar-refractivity contribution in [3.05, 3.63) is 83.9 Å². The van der Waals surface area contributed by atoms with Crippen LogP contribution in [0.4, 0.5) is 0 Å². The molecule has 0 unspecified atom stereocenters. The van der Waals surface area contributed by atoms with Gasteiger partial charge in [-0.2, -0.15) is 0 Å². The maximum atomic E-state index is 5.26. The van der Waals surface area contributed by atoms with Crippen LogP contribution in [0.3, 0.4) is 0 Å². The first-order valence-electron chi connectivity index (χ1n) is 8.40. The van der Waals surface area contributed by atoms with Crippen molar-refractivity contribution in [3.8, 4) is 17.1 Å². The summed E-state index contributed by atoms with van der Waals surface area (Å²) in [6, 6.07) is 25.0. The summed E-state index contributed by atoms with van der Waals surface area (Å²) in [6.07, 6.45) is 0. The minimum atomic E-state index is 0.772. The van der Waals surface area contributed by atoms with Crippen LogP contribution in [-0.2, 0) is 6.54 Å². The standard InChI is InChI=1S/C22H20N2O/c1-16-7-11-18(12-8-16)22-23-20-5-3-4-6-21(20)24(22)15-17-9-13-19(25-2)14-10-17/h3-14H,15H2,1-2H3. The molecule has 0 atom stereocenters. The molecule has 1 aromatic heterocycles. The van der Waals surface area contributed by atoms with Crippen molar-refractivity contribution >= 4 is 11.0 Å². The third-order valence-corrected chi connectivity index (χ3v) is 4.46. The number of fused-ring (bicyclic) bond motifs is 1. The van der Waals surface area contributed by atoms with Gasteiger partial charge < -0.3 is 9.30 Å². The number of aromatic nitrogens is 2. The fraction of sp³-hybridized carbons (Fsp3) is 0.136. The van der Waals surface area contributed by atoms with Crippen molar-refractivity contribution in [2.75, 3.05) is 7.11 Å². The van der Waals surface area contributed by atoms with E-state index < -0.39 is 0 Å². The Morgan fingerprint density at radius 1 is 0.880 bits per heavy atom. The number of methoxy groups -OCH3 is 1. The van der Waals surface area contributed by atoms with Gasteiger partial charge in [0.05, 0.1) is 18.1 Å². The first kappa shape index (κ1) is 15.5. The number of benzene rings is 3. The van der Waals surface area contributed by atoms with E-state index in [2.05, 4.69) is 66.1 Å². The van der Waals surface area contributed by atoms with Crippen molar-refractivity contribution < 1.29 is 4.74 Å². The van der Waals surface area contributed by atoms with Gasteiger partial charge in [-0.1, -0.05) is 54.1 Å². The van der Waals surface area contributed by atoms with E-state index >= 15 is 0 Å². The van der Waals surface area contributed by atoms with Gasteiger partial charge in [0.25, 0.3) is 0 Å². The second kappa shape index (κ2) is 6.44. The molecule has 3 nitrogen and oxygen atoms in total. The van der Waals surface area contributed by atoms with E-state index in [1.165, 1.54) is 11.1 Å². The summed E-state index contributed by atoms with van der Waals surface area (Å²) in [7, 11) is 1.69. The fourth-order valence-corrected chi connectivity index (χ4v) is 3.07. The lowest BCUT2D eigenvalue weighted by atomic mass is 10.1. The summed E-state index contributed by atoms with van der Waals surface area (Å²) < 4.78 is 7.54. The molecule has 0 bridgehead atoms. The molecule has 3 aromatic carbocycles. The van der Waals surface area contributed by atoms with Crippen LogP contribution in [-0.4, -0.2) is 16.7 Å². The van der Waals surface area contributed by atoms with Gasteiger partial charge in [-0.25, -0.2) is 4.98 Å². The number of hydrogen-bond donors (Lipinski definition) is 0. The quantitative estimate of drug-likeness (QED) is 0.523. The monoisotopic (exact) mass is 328 g/mol. The van der Waals surface area contributed by atoms with Crippen LogP contribution < -0.4 is 4.74 Å². The minimum absolute atomic E-state index is 0.772. The van der Waals surface area contributed by atoms with Crippen molar-refractivity contribution in [2.24, 2.45) is 0 Å². The molecule has 0 saturated heterocycles. The zero-order chi connectivity index (χ0) is 17.2. The van der Waals surface area contributed by atoms with Gasteiger partial charge in [-0.15, -0.1) is 0 Å². The van der Waals surface area contributed by atoms with Crippen LogP contribution >= 0.6 is 0 Å².